The highest BCUT2D eigenvalue weighted by atomic mass is 35.5. The van der Waals surface area contributed by atoms with Crippen molar-refractivity contribution in [3.8, 4) is 5.75 Å². The van der Waals surface area contributed by atoms with E-state index in [1.165, 1.54) is 0 Å². The van der Waals surface area contributed by atoms with Gasteiger partial charge in [0.1, 0.15) is 22.6 Å². The number of hydrogen-bond donors (Lipinski definition) is 2. The summed E-state index contributed by atoms with van der Waals surface area (Å²) in [6, 6.07) is 5.71. The molecule has 0 aliphatic carbocycles. The highest BCUT2D eigenvalue weighted by Crippen LogP contribution is 2.27. The van der Waals surface area contributed by atoms with Crippen LogP contribution in [0.15, 0.2) is 18.2 Å². The van der Waals surface area contributed by atoms with E-state index in [2.05, 4.69) is 12.2 Å². The van der Waals surface area contributed by atoms with E-state index in [1.807, 2.05) is 29.9 Å². The molecule has 0 radical (unpaired) electrons. The Balaban J connectivity index is 1.79. The first-order valence-electron chi connectivity index (χ1n) is 11.4. The van der Waals surface area contributed by atoms with Crippen LogP contribution in [0.4, 0.5) is 5.82 Å². The minimum absolute atomic E-state index is 0.224. The number of fused-ring (bicyclic) bond motifs is 1. The monoisotopic (exact) mass is 473 g/mol. The molecule has 0 amide bonds. The zero-order chi connectivity index (χ0) is 23.8. The van der Waals surface area contributed by atoms with Crippen molar-refractivity contribution in [1.29, 1.82) is 0 Å². The van der Waals surface area contributed by atoms with Crippen LogP contribution < -0.4 is 10.1 Å². The van der Waals surface area contributed by atoms with Crippen molar-refractivity contribution in [2.75, 3.05) is 12.4 Å². The molecule has 0 aliphatic rings. The smallest absolute Gasteiger partial charge is 0.303 e. The molecule has 33 heavy (non-hydrogen) atoms. The summed E-state index contributed by atoms with van der Waals surface area (Å²) >= 11 is 6.28. The lowest BCUT2D eigenvalue weighted by molar-refractivity contribution is -0.137. The molecule has 3 aromatic rings. The molecule has 0 bridgehead atoms. The Labute approximate surface area is 199 Å². The normalized spacial score (nSPS) is 11.2. The van der Waals surface area contributed by atoms with Crippen molar-refractivity contribution in [2.24, 2.45) is 7.05 Å². The summed E-state index contributed by atoms with van der Waals surface area (Å²) in [4.78, 5) is 20.3. The maximum Gasteiger partial charge on any atom is 0.303 e. The predicted molar refractivity (Wildman–Crippen MR) is 130 cm³/mol. The Kier molecular flexibility index (Phi) is 8.88. The molecule has 0 atom stereocenters. The second kappa shape index (κ2) is 11.8. The SMILES string of the molecule is CCCc1nn(C)c2c(NCc3ccc(OC)c(Cl)c3)nc(CCCCCCC(=O)O)nc12. The molecule has 0 fully saturated rings. The molecule has 0 saturated carbocycles. The zero-order valence-corrected chi connectivity index (χ0v) is 20.3. The van der Waals surface area contributed by atoms with Gasteiger partial charge in [0.2, 0.25) is 0 Å². The number of anilines is 1. The average molecular weight is 474 g/mol. The molecule has 8 nitrogen and oxygen atoms in total. The summed E-state index contributed by atoms with van der Waals surface area (Å²) in [7, 11) is 3.52. The van der Waals surface area contributed by atoms with Gasteiger partial charge in [0.05, 0.1) is 17.8 Å². The molecule has 1 aromatic carbocycles. The van der Waals surface area contributed by atoms with Gasteiger partial charge in [-0.05, 0) is 37.0 Å². The minimum atomic E-state index is -0.738. The van der Waals surface area contributed by atoms with Crippen LogP contribution in [0.1, 0.15) is 62.5 Å². The number of carbonyl (C=O) groups is 1. The summed E-state index contributed by atoms with van der Waals surface area (Å²) in [5, 5.41) is 17.5. The van der Waals surface area contributed by atoms with E-state index in [0.29, 0.717) is 23.7 Å². The second-order valence-electron chi connectivity index (χ2n) is 8.14. The van der Waals surface area contributed by atoms with E-state index in [-0.39, 0.29) is 6.42 Å². The number of benzene rings is 1. The van der Waals surface area contributed by atoms with Gasteiger partial charge in [-0.1, -0.05) is 43.9 Å². The molecular weight excluding hydrogens is 442 g/mol. The quantitative estimate of drug-likeness (QED) is 0.330. The van der Waals surface area contributed by atoms with Crippen molar-refractivity contribution in [1.82, 2.24) is 19.7 Å². The Morgan fingerprint density at radius 2 is 1.97 bits per heavy atom. The van der Waals surface area contributed by atoms with Crippen LogP contribution in [0.25, 0.3) is 11.0 Å². The summed E-state index contributed by atoms with van der Waals surface area (Å²) in [5.74, 6) is 1.44. The number of carboxylic acid groups (broad SMARTS) is 1. The van der Waals surface area contributed by atoms with E-state index >= 15 is 0 Å². The second-order valence-corrected chi connectivity index (χ2v) is 8.54. The number of nitrogens with one attached hydrogen (secondary N) is 1. The average Bonchev–Trinajstić information content (AvgIpc) is 3.10. The van der Waals surface area contributed by atoms with Crippen LogP contribution in [0, 0.1) is 0 Å². The number of unbranched alkanes of at least 4 members (excludes halogenated alkanes) is 3. The van der Waals surface area contributed by atoms with Crippen molar-refractivity contribution >= 4 is 34.4 Å². The van der Waals surface area contributed by atoms with Gasteiger partial charge < -0.3 is 15.2 Å². The first-order chi connectivity index (χ1) is 15.9. The van der Waals surface area contributed by atoms with Crippen LogP contribution >= 0.6 is 11.6 Å². The predicted octanol–water partition coefficient (Wildman–Crippen LogP) is 5.17. The van der Waals surface area contributed by atoms with Crippen molar-refractivity contribution < 1.29 is 14.6 Å². The number of halogens is 1. The number of rotatable bonds is 13. The maximum atomic E-state index is 10.7. The van der Waals surface area contributed by atoms with E-state index in [9.17, 15) is 4.79 Å². The fourth-order valence-electron chi connectivity index (χ4n) is 3.85. The Morgan fingerprint density at radius 1 is 1.18 bits per heavy atom. The van der Waals surface area contributed by atoms with Crippen LogP contribution in [-0.2, 0) is 31.2 Å². The molecule has 3 rings (SSSR count). The number of methoxy groups -OCH3 is 1. The number of hydrogen-bond acceptors (Lipinski definition) is 6. The summed E-state index contributed by atoms with van der Waals surface area (Å²) < 4.78 is 7.08. The highest BCUT2D eigenvalue weighted by Gasteiger charge is 2.17. The molecular formula is C24H32ClN5O3. The minimum Gasteiger partial charge on any atom is -0.495 e. The third kappa shape index (κ3) is 6.57. The molecule has 2 N–H and O–H groups in total. The largest absolute Gasteiger partial charge is 0.495 e. The number of nitrogens with zero attached hydrogens (tertiary/aromatic N) is 4. The van der Waals surface area contributed by atoms with Gasteiger partial charge >= 0.3 is 5.97 Å². The molecule has 0 saturated heterocycles. The van der Waals surface area contributed by atoms with Gasteiger partial charge in [0.25, 0.3) is 0 Å². The Morgan fingerprint density at radius 3 is 2.67 bits per heavy atom. The molecule has 0 spiro atoms. The van der Waals surface area contributed by atoms with Gasteiger partial charge in [-0.15, -0.1) is 0 Å². The lowest BCUT2D eigenvalue weighted by Gasteiger charge is -2.11. The Hall–Kier alpha value is -2.87. The number of aliphatic carboxylic acids is 1. The molecule has 178 valence electrons. The summed E-state index contributed by atoms with van der Waals surface area (Å²) in [6.45, 7) is 2.69. The molecule has 0 aliphatic heterocycles. The van der Waals surface area contributed by atoms with Gasteiger partial charge in [0.15, 0.2) is 5.82 Å². The van der Waals surface area contributed by atoms with Gasteiger partial charge in [-0.2, -0.15) is 5.10 Å². The van der Waals surface area contributed by atoms with E-state index in [0.717, 1.165) is 72.5 Å². The fourth-order valence-corrected chi connectivity index (χ4v) is 4.13. The summed E-state index contributed by atoms with van der Waals surface area (Å²) in [6.07, 6.45) is 6.29. The van der Waals surface area contributed by atoms with E-state index < -0.39 is 5.97 Å². The molecule has 0 unspecified atom stereocenters. The number of aryl methyl sites for hydroxylation is 3. The van der Waals surface area contributed by atoms with Crippen molar-refractivity contribution in [2.45, 2.75) is 64.8 Å². The first kappa shape index (κ1) is 24.8. The number of carboxylic acids is 1. The third-order valence-corrected chi connectivity index (χ3v) is 5.80. The lowest BCUT2D eigenvalue weighted by Crippen LogP contribution is -2.07. The molecule has 2 heterocycles. The van der Waals surface area contributed by atoms with Crippen LogP contribution in [-0.4, -0.2) is 37.9 Å². The van der Waals surface area contributed by atoms with Gasteiger partial charge in [0, 0.05) is 26.4 Å². The van der Waals surface area contributed by atoms with Crippen LogP contribution in [0.3, 0.4) is 0 Å². The van der Waals surface area contributed by atoms with Crippen LogP contribution in [0.2, 0.25) is 5.02 Å². The van der Waals surface area contributed by atoms with E-state index in [4.69, 9.17) is 36.5 Å². The standard InChI is InChI=1S/C24H32ClN5O3/c1-4-9-18-22-23(30(2)29-18)24(26-15-16-12-13-19(33-3)17(25)14-16)28-20(27-22)10-7-5-6-8-11-21(31)32/h12-14H,4-11,15H2,1-3H3,(H,31,32)(H,26,27,28). The molecule has 2 aromatic heterocycles. The number of ether oxygens (including phenoxy) is 1. The topological polar surface area (TPSA) is 102 Å². The number of aromatic nitrogens is 4. The van der Waals surface area contributed by atoms with Crippen molar-refractivity contribution in [3.05, 3.63) is 40.3 Å². The Bertz CT molecular complexity index is 1100. The van der Waals surface area contributed by atoms with Gasteiger partial charge in [-0.25, -0.2) is 9.97 Å². The third-order valence-electron chi connectivity index (χ3n) is 5.50. The highest BCUT2D eigenvalue weighted by molar-refractivity contribution is 6.32. The maximum absolute atomic E-state index is 10.7. The van der Waals surface area contributed by atoms with Gasteiger partial charge in [-0.3, -0.25) is 9.48 Å². The first-order valence-corrected chi connectivity index (χ1v) is 11.8. The summed E-state index contributed by atoms with van der Waals surface area (Å²) in [5.41, 5.74) is 3.79. The van der Waals surface area contributed by atoms with Crippen LogP contribution in [0.5, 0.6) is 5.75 Å². The van der Waals surface area contributed by atoms with E-state index in [1.54, 1.807) is 7.11 Å². The fraction of sp³-hybridized carbons (Fsp3) is 0.500. The zero-order valence-electron chi connectivity index (χ0n) is 19.5. The lowest BCUT2D eigenvalue weighted by atomic mass is 10.1. The molecule has 9 heteroatoms. The van der Waals surface area contributed by atoms with Crippen molar-refractivity contribution in [3.63, 3.8) is 0 Å².